The summed E-state index contributed by atoms with van der Waals surface area (Å²) in [6.07, 6.45) is 37.6. The van der Waals surface area contributed by atoms with E-state index in [0.29, 0.717) is 0 Å². The maximum absolute atomic E-state index is 2.88. The summed E-state index contributed by atoms with van der Waals surface area (Å²) in [6.45, 7) is 1.84. The van der Waals surface area contributed by atoms with Crippen LogP contribution in [0.15, 0.2) is 98.0 Å². The van der Waals surface area contributed by atoms with Crippen LogP contribution in [0.3, 0.4) is 0 Å². The van der Waals surface area contributed by atoms with Crippen LogP contribution in [-0.4, -0.2) is 42.6 Å². The van der Waals surface area contributed by atoms with E-state index in [1.165, 1.54) is 0 Å². The Morgan fingerprint density at radius 3 is 1.28 bits per heavy atom. The van der Waals surface area contributed by atoms with Crippen LogP contribution >= 0.6 is 0 Å². The molecule has 0 aliphatic carbocycles. The first-order valence-corrected chi connectivity index (χ1v) is 11.1. The SMILES string of the molecule is C1=CC[N]([Al-]([N]2C=CCC=C2)([N]2C=CCC=C2)[N]2C=CC=CC2)C=C1. The highest BCUT2D eigenvalue weighted by Gasteiger charge is 2.54. The maximum atomic E-state index is 2.54. The van der Waals surface area contributed by atoms with Gasteiger partial charge in [0.25, 0.3) is 0 Å². The quantitative estimate of drug-likeness (QED) is 0.720. The van der Waals surface area contributed by atoms with Crippen molar-refractivity contribution in [2.75, 3.05) is 13.1 Å². The van der Waals surface area contributed by atoms with E-state index in [4.69, 9.17) is 0 Å². The largest absolute Gasteiger partial charge is 0.692 e. The Morgan fingerprint density at radius 2 is 0.920 bits per heavy atom. The molecule has 4 heterocycles. The second kappa shape index (κ2) is 7.27. The van der Waals surface area contributed by atoms with E-state index in [-0.39, 0.29) is 0 Å². The van der Waals surface area contributed by atoms with Crippen molar-refractivity contribution in [2.45, 2.75) is 12.8 Å². The Hall–Kier alpha value is -2.35. The molecule has 0 aromatic carbocycles. The van der Waals surface area contributed by atoms with Crippen LogP contribution in [-0.2, 0) is 0 Å². The summed E-state index contributed by atoms with van der Waals surface area (Å²) < 4.78 is 10.0. The Morgan fingerprint density at radius 1 is 0.480 bits per heavy atom. The third-order valence-corrected chi connectivity index (χ3v) is 9.86. The lowest BCUT2D eigenvalue weighted by molar-refractivity contribution is 0.344. The Bertz CT molecular complexity index is 640. The highest BCUT2D eigenvalue weighted by atomic mass is 27.3. The fourth-order valence-corrected chi connectivity index (χ4v) is 8.90. The van der Waals surface area contributed by atoms with E-state index in [9.17, 15) is 0 Å². The van der Waals surface area contributed by atoms with Gasteiger partial charge in [0.1, 0.15) is 0 Å². The van der Waals surface area contributed by atoms with Gasteiger partial charge in [0.15, 0.2) is 0 Å². The number of hydrogen-bond acceptors (Lipinski definition) is 4. The van der Waals surface area contributed by atoms with Gasteiger partial charge >= 0.3 is 14.0 Å². The van der Waals surface area contributed by atoms with Crippen molar-refractivity contribution in [2.24, 2.45) is 0 Å². The molecule has 0 bridgehead atoms. The van der Waals surface area contributed by atoms with Crippen LogP contribution in [0.25, 0.3) is 0 Å². The fourth-order valence-electron chi connectivity index (χ4n) is 3.96. The van der Waals surface area contributed by atoms with Crippen LogP contribution in [0.1, 0.15) is 12.8 Å². The number of nitrogens with zero attached hydrogens (tertiary/aromatic N) is 4. The van der Waals surface area contributed by atoms with Crippen molar-refractivity contribution >= 4 is 14.0 Å². The molecule has 0 aromatic heterocycles. The summed E-state index contributed by atoms with van der Waals surface area (Å²) in [5.41, 5.74) is 0. The monoisotopic (exact) mass is 347 g/mol. The molecule has 0 saturated carbocycles. The molecular formula is C20H24AlN4-. The zero-order valence-electron chi connectivity index (χ0n) is 14.4. The average molecular weight is 347 g/mol. The molecule has 4 aliphatic heterocycles. The molecule has 5 heteroatoms. The predicted molar refractivity (Wildman–Crippen MR) is 105 cm³/mol. The molecule has 0 N–H and O–H groups in total. The van der Waals surface area contributed by atoms with E-state index in [2.05, 4.69) is 113 Å². The first-order chi connectivity index (χ1) is 12.4. The molecule has 0 saturated heterocycles. The van der Waals surface area contributed by atoms with Crippen LogP contribution in [0.4, 0.5) is 0 Å². The molecule has 0 unspecified atom stereocenters. The topological polar surface area (TPSA) is 13.0 Å². The highest BCUT2D eigenvalue weighted by molar-refractivity contribution is 6.70. The van der Waals surface area contributed by atoms with Crippen molar-refractivity contribution in [1.29, 1.82) is 0 Å². The van der Waals surface area contributed by atoms with E-state index in [0.717, 1.165) is 25.9 Å². The van der Waals surface area contributed by atoms with Gasteiger partial charge in [0.2, 0.25) is 0 Å². The molecule has 4 rings (SSSR count). The Balaban J connectivity index is 1.86. The van der Waals surface area contributed by atoms with Crippen LogP contribution < -0.4 is 0 Å². The second-order valence-electron chi connectivity index (χ2n) is 6.53. The minimum absolute atomic E-state index is 0.922. The highest BCUT2D eigenvalue weighted by Crippen LogP contribution is 2.32. The minimum Gasteiger partial charge on any atom is -0.537 e. The predicted octanol–water partition coefficient (Wildman–Crippen LogP) is 3.66. The third-order valence-electron chi connectivity index (χ3n) is 5.03. The summed E-state index contributed by atoms with van der Waals surface area (Å²) in [7, 11) is 0. The van der Waals surface area contributed by atoms with Crippen molar-refractivity contribution in [1.82, 2.24) is 15.5 Å². The van der Waals surface area contributed by atoms with Gasteiger partial charge in [-0.05, 0) is 63.1 Å². The van der Waals surface area contributed by atoms with E-state index in [1.807, 2.05) is 0 Å². The Kier molecular flexibility index (Phi) is 4.69. The van der Waals surface area contributed by atoms with Gasteiger partial charge in [-0.1, -0.05) is 60.8 Å². The fraction of sp³-hybridized carbons (Fsp3) is 0.200. The maximum Gasteiger partial charge on any atom is 0.692 e. The summed E-state index contributed by atoms with van der Waals surface area (Å²) >= 11 is -2.88. The number of rotatable bonds is 4. The van der Waals surface area contributed by atoms with Gasteiger partial charge in [-0.3, -0.25) is 0 Å². The molecule has 25 heavy (non-hydrogen) atoms. The van der Waals surface area contributed by atoms with Gasteiger partial charge in [0.05, 0.1) is 0 Å². The van der Waals surface area contributed by atoms with Crippen LogP contribution in [0.2, 0.25) is 0 Å². The zero-order valence-corrected chi connectivity index (χ0v) is 15.6. The number of allylic oxidation sites excluding steroid dienone is 8. The molecule has 0 amide bonds. The van der Waals surface area contributed by atoms with Crippen molar-refractivity contribution in [3.05, 3.63) is 98.0 Å². The smallest absolute Gasteiger partial charge is 0.537 e. The summed E-state index contributed by atoms with van der Waals surface area (Å²) in [5.74, 6) is 0. The lowest BCUT2D eigenvalue weighted by Gasteiger charge is -2.62. The molecule has 0 atom stereocenters. The van der Waals surface area contributed by atoms with Crippen LogP contribution in [0.5, 0.6) is 0 Å². The van der Waals surface area contributed by atoms with Crippen molar-refractivity contribution in [3.63, 3.8) is 0 Å². The molecular weight excluding hydrogens is 323 g/mol. The lowest BCUT2D eigenvalue weighted by Crippen LogP contribution is -2.77. The minimum atomic E-state index is -2.88. The standard InChI is InChI=1S/4C5H6N.Al/c4*1-2-4-6-5-3-1;/h2*2-5H,1H2;2*1-4H,5H2;/q4*-1;+3. The van der Waals surface area contributed by atoms with Gasteiger partial charge in [-0.25, -0.2) is 0 Å². The molecule has 0 fully saturated rings. The number of hydrogen-bond donors (Lipinski definition) is 0. The lowest BCUT2D eigenvalue weighted by atomic mass is 10.4. The Labute approximate surface area is 153 Å². The van der Waals surface area contributed by atoms with Gasteiger partial charge in [-0.2, -0.15) is 0 Å². The summed E-state index contributed by atoms with van der Waals surface area (Å²) in [4.78, 5) is 0. The molecule has 0 spiro atoms. The average Bonchev–Trinajstić information content (AvgIpc) is 2.72. The normalized spacial score (nSPS) is 21.8. The molecule has 0 aromatic rings. The van der Waals surface area contributed by atoms with Gasteiger partial charge in [0, 0.05) is 0 Å². The van der Waals surface area contributed by atoms with Gasteiger partial charge in [-0.15, -0.1) is 0 Å². The van der Waals surface area contributed by atoms with Crippen molar-refractivity contribution in [3.8, 4) is 0 Å². The van der Waals surface area contributed by atoms with E-state index in [1.54, 1.807) is 0 Å². The summed E-state index contributed by atoms with van der Waals surface area (Å²) in [6, 6.07) is 0. The second-order valence-corrected chi connectivity index (χ2v) is 10.4. The first kappa shape index (κ1) is 16.1. The van der Waals surface area contributed by atoms with Crippen molar-refractivity contribution < 1.29 is 0 Å². The molecule has 4 nitrogen and oxygen atoms in total. The zero-order chi connectivity index (χ0) is 17.0. The molecule has 128 valence electrons. The first-order valence-electron chi connectivity index (χ1n) is 9.00. The molecule has 0 radical (unpaired) electrons. The van der Waals surface area contributed by atoms with Crippen LogP contribution in [0, 0.1) is 0 Å². The van der Waals surface area contributed by atoms with E-state index >= 15 is 0 Å². The summed E-state index contributed by atoms with van der Waals surface area (Å²) in [5, 5.41) is 0. The third kappa shape index (κ3) is 2.91. The molecule has 4 aliphatic rings. The van der Waals surface area contributed by atoms with Gasteiger partial charge < -0.3 is 15.5 Å². The van der Waals surface area contributed by atoms with E-state index < -0.39 is 14.0 Å².